The van der Waals surface area contributed by atoms with Crippen molar-refractivity contribution in [3.63, 3.8) is 0 Å². The summed E-state index contributed by atoms with van der Waals surface area (Å²) in [5.41, 5.74) is 2.83. The van der Waals surface area contributed by atoms with E-state index < -0.39 is 0 Å². The molecule has 0 fully saturated rings. The molecule has 0 aliphatic heterocycles. The second-order valence-electron chi connectivity index (χ2n) is 5.52. The van der Waals surface area contributed by atoms with Crippen LogP contribution in [0, 0.1) is 0 Å². The number of thiazole rings is 1. The second-order valence-corrected chi connectivity index (χ2v) is 6.38. The van der Waals surface area contributed by atoms with Crippen LogP contribution in [0.1, 0.15) is 12.5 Å². The second kappa shape index (κ2) is 9.12. The summed E-state index contributed by atoms with van der Waals surface area (Å²) in [7, 11) is 0. The van der Waals surface area contributed by atoms with Crippen molar-refractivity contribution < 1.29 is 14.3 Å². The van der Waals surface area contributed by atoms with Gasteiger partial charge in [-0.25, -0.2) is 4.98 Å². The Balaban J connectivity index is 1.50. The lowest BCUT2D eigenvalue weighted by molar-refractivity contribution is -0.121. The van der Waals surface area contributed by atoms with E-state index in [4.69, 9.17) is 9.47 Å². The first-order chi connectivity index (χ1) is 12.7. The van der Waals surface area contributed by atoms with Crippen LogP contribution in [0.15, 0.2) is 60.0 Å². The number of carbonyl (C=O) groups is 1. The monoisotopic (exact) mass is 368 g/mol. The minimum Gasteiger partial charge on any atom is -0.494 e. The molecule has 1 amide bonds. The molecule has 3 aromatic rings. The summed E-state index contributed by atoms with van der Waals surface area (Å²) in [6, 6.07) is 17.5. The molecule has 2 aromatic carbocycles. The van der Waals surface area contributed by atoms with E-state index in [1.54, 1.807) is 0 Å². The first-order valence-electron chi connectivity index (χ1n) is 8.35. The summed E-state index contributed by atoms with van der Waals surface area (Å²) < 4.78 is 10.9. The third kappa shape index (κ3) is 5.15. The fourth-order valence-electron chi connectivity index (χ4n) is 2.34. The van der Waals surface area contributed by atoms with Gasteiger partial charge in [0.1, 0.15) is 12.4 Å². The molecule has 6 heteroatoms. The molecule has 0 spiro atoms. The number of anilines is 1. The molecule has 3 rings (SSSR count). The molecule has 0 radical (unpaired) electrons. The van der Waals surface area contributed by atoms with E-state index in [9.17, 15) is 4.79 Å². The summed E-state index contributed by atoms with van der Waals surface area (Å²) >= 11 is 1.39. The van der Waals surface area contributed by atoms with Gasteiger partial charge in [-0.05, 0) is 36.8 Å². The Morgan fingerprint density at radius 3 is 2.62 bits per heavy atom. The molecule has 0 saturated carbocycles. The molecule has 5 nitrogen and oxygen atoms in total. The number of aromatic nitrogens is 1. The van der Waals surface area contributed by atoms with E-state index in [-0.39, 0.29) is 12.5 Å². The Hall–Kier alpha value is -2.70. The lowest BCUT2D eigenvalue weighted by Gasteiger charge is -2.04. The molecule has 1 N–H and O–H groups in total. The van der Waals surface area contributed by atoms with Gasteiger partial charge in [-0.1, -0.05) is 30.3 Å². The molecule has 1 heterocycles. The molecule has 26 heavy (non-hydrogen) atoms. The van der Waals surface area contributed by atoms with E-state index in [1.807, 2.05) is 66.9 Å². The fourth-order valence-corrected chi connectivity index (χ4v) is 3.08. The van der Waals surface area contributed by atoms with Crippen LogP contribution < -0.4 is 10.1 Å². The van der Waals surface area contributed by atoms with Gasteiger partial charge in [-0.2, -0.15) is 0 Å². The number of benzene rings is 2. The number of amides is 1. The Kier molecular flexibility index (Phi) is 6.35. The van der Waals surface area contributed by atoms with Crippen molar-refractivity contribution in [2.75, 3.05) is 18.5 Å². The molecule has 0 bridgehead atoms. The maximum absolute atomic E-state index is 12.0. The topological polar surface area (TPSA) is 60.5 Å². The predicted molar refractivity (Wildman–Crippen MR) is 103 cm³/mol. The zero-order valence-electron chi connectivity index (χ0n) is 14.5. The molecule has 0 unspecified atom stereocenters. The van der Waals surface area contributed by atoms with Gasteiger partial charge >= 0.3 is 0 Å². The van der Waals surface area contributed by atoms with E-state index in [2.05, 4.69) is 10.3 Å². The molecule has 1 aromatic heterocycles. The molecule has 0 saturated heterocycles. The molecule has 0 aliphatic carbocycles. The van der Waals surface area contributed by atoms with Crippen molar-refractivity contribution in [2.24, 2.45) is 0 Å². The van der Waals surface area contributed by atoms with Crippen LogP contribution in [0.2, 0.25) is 0 Å². The summed E-state index contributed by atoms with van der Waals surface area (Å²) in [5, 5.41) is 5.24. The van der Waals surface area contributed by atoms with Crippen LogP contribution in [0.5, 0.6) is 5.75 Å². The lowest BCUT2D eigenvalue weighted by atomic mass is 10.2. The first-order valence-corrected chi connectivity index (χ1v) is 9.23. The maximum Gasteiger partial charge on any atom is 0.252 e. The zero-order valence-corrected chi connectivity index (χ0v) is 15.3. The minimum absolute atomic E-state index is 0.00708. The first kappa shape index (κ1) is 18.1. The van der Waals surface area contributed by atoms with Gasteiger partial charge in [0, 0.05) is 10.9 Å². The number of ether oxygens (including phenoxy) is 2. The van der Waals surface area contributed by atoms with Gasteiger partial charge in [-0.3, -0.25) is 10.1 Å². The molecular weight excluding hydrogens is 348 g/mol. The highest BCUT2D eigenvalue weighted by molar-refractivity contribution is 7.14. The van der Waals surface area contributed by atoms with E-state index in [1.165, 1.54) is 11.3 Å². The van der Waals surface area contributed by atoms with Gasteiger partial charge < -0.3 is 9.47 Å². The summed E-state index contributed by atoms with van der Waals surface area (Å²) in [5.74, 6) is 0.615. The van der Waals surface area contributed by atoms with Gasteiger partial charge in [-0.15, -0.1) is 11.3 Å². The van der Waals surface area contributed by atoms with Crippen LogP contribution in [0.4, 0.5) is 5.13 Å². The van der Waals surface area contributed by atoms with Crippen molar-refractivity contribution in [3.05, 3.63) is 65.5 Å². The highest BCUT2D eigenvalue weighted by atomic mass is 32.1. The third-order valence-electron chi connectivity index (χ3n) is 3.56. The van der Waals surface area contributed by atoms with Crippen LogP contribution >= 0.6 is 11.3 Å². The van der Waals surface area contributed by atoms with Crippen molar-refractivity contribution in [1.82, 2.24) is 4.98 Å². The SMILES string of the molecule is CCOc1ccc(-c2csc(NC(=O)COCc3ccccc3)n2)cc1. The number of hydrogen-bond donors (Lipinski definition) is 1. The third-order valence-corrected chi connectivity index (χ3v) is 4.31. The largest absolute Gasteiger partial charge is 0.494 e. The zero-order chi connectivity index (χ0) is 18.2. The van der Waals surface area contributed by atoms with Crippen molar-refractivity contribution in [3.8, 4) is 17.0 Å². The van der Waals surface area contributed by atoms with E-state index in [0.717, 1.165) is 22.6 Å². The highest BCUT2D eigenvalue weighted by Crippen LogP contribution is 2.26. The summed E-state index contributed by atoms with van der Waals surface area (Å²) in [4.78, 5) is 16.4. The number of rotatable bonds is 8. The Labute approximate surface area is 156 Å². The van der Waals surface area contributed by atoms with Crippen molar-refractivity contribution in [2.45, 2.75) is 13.5 Å². The summed E-state index contributed by atoms with van der Waals surface area (Å²) in [6.07, 6.45) is 0. The van der Waals surface area contributed by atoms with Crippen molar-refractivity contribution in [1.29, 1.82) is 0 Å². The van der Waals surface area contributed by atoms with Gasteiger partial charge in [0.05, 0.1) is 18.9 Å². The Morgan fingerprint density at radius 1 is 1.12 bits per heavy atom. The lowest BCUT2D eigenvalue weighted by Crippen LogP contribution is -2.18. The smallest absolute Gasteiger partial charge is 0.252 e. The average Bonchev–Trinajstić information content (AvgIpc) is 3.12. The van der Waals surface area contributed by atoms with E-state index >= 15 is 0 Å². The number of carbonyl (C=O) groups excluding carboxylic acids is 1. The maximum atomic E-state index is 12.0. The number of nitrogens with zero attached hydrogens (tertiary/aromatic N) is 1. The molecular formula is C20H20N2O3S. The van der Waals surface area contributed by atoms with Crippen molar-refractivity contribution >= 4 is 22.4 Å². The van der Waals surface area contributed by atoms with Gasteiger partial charge in [0.15, 0.2) is 5.13 Å². The van der Waals surface area contributed by atoms with Gasteiger partial charge in [0.25, 0.3) is 5.91 Å². The minimum atomic E-state index is -0.214. The number of nitrogens with one attached hydrogen (secondary N) is 1. The van der Waals surface area contributed by atoms with Crippen LogP contribution in [-0.4, -0.2) is 24.1 Å². The van der Waals surface area contributed by atoms with Crippen LogP contribution in [-0.2, 0) is 16.1 Å². The Bertz CT molecular complexity index is 832. The Morgan fingerprint density at radius 2 is 1.88 bits per heavy atom. The standard InChI is InChI=1S/C20H20N2O3S/c1-2-25-17-10-8-16(9-11-17)18-14-26-20(21-18)22-19(23)13-24-12-15-6-4-3-5-7-15/h3-11,14H,2,12-13H2,1H3,(H,21,22,23). The molecule has 134 valence electrons. The fraction of sp³-hybridized carbons (Fsp3) is 0.200. The quantitative estimate of drug-likeness (QED) is 0.642. The highest BCUT2D eigenvalue weighted by Gasteiger charge is 2.08. The van der Waals surface area contributed by atoms with Gasteiger partial charge in [0.2, 0.25) is 0 Å². The average molecular weight is 368 g/mol. The summed E-state index contributed by atoms with van der Waals surface area (Å²) in [6.45, 7) is 2.99. The molecule has 0 aliphatic rings. The normalized spacial score (nSPS) is 10.5. The van der Waals surface area contributed by atoms with Crippen LogP contribution in [0.3, 0.4) is 0 Å². The van der Waals surface area contributed by atoms with E-state index in [0.29, 0.717) is 18.3 Å². The van der Waals surface area contributed by atoms with Crippen LogP contribution in [0.25, 0.3) is 11.3 Å². The molecule has 0 atom stereocenters. The predicted octanol–water partition coefficient (Wildman–Crippen LogP) is 4.36. The number of hydrogen-bond acceptors (Lipinski definition) is 5.